The summed E-state index contributed by atoms with van der Waals surface area (Å²) in [4.78, 5) is 47.3. The quantitative estimate of drug-likeness (QED) is 0.313. The molecule has 0 spiro atoms. The Morgan fingerprint density at radius 3 is 2.72 bits per heavy atom. The van der Waals surface area contributed by atoms with Gasteiger partial charge in [-0.05, 0) is 73.9 Å². The molecule has 1 unspecified atom stereocenters. The summed E-state index contributed by atoms with van der Waals surface area (Å²) in [6.45, 7) is 1.16. The van der Waals surface area contributed by atoms with Crippen LogP contribution in [0.2, 0.25) is 0 Å². The fraction of sp³-hybridized carbons (Fsp3) is 0.375. The summed E-state index contributed by atoms with van der Waals surface area (Å²) in [6, 6.07) is 8.88. The lowest BCUT2D eigenvalue weighted by molar-refractivity contribution is -0.136. The molecule has 1 aromatic carbocycles. The van der Waals surface area contributed by atoms with Gasteiger partial charge in [0.1, 0.15) is 11.7 Å². The van der Waals surface area contributed by atoms with E-state index in [1.54, 1.807) is 23.2 Å². The second kappa shape index (κ2) is 9.96. The molecule has 43 heavy (non-hydrogen) atoms. The Kier molecular flexibility index (Phi) is 6.02. The number of imide groups is 1. The monoisotopic (exact) mass is 579 g/mol. The van der Waals surface area contributed by atoms with Crippen molar-refractivity contribution in [3.8, 4) is 11.3 Å². The molecule has 11 heteroatoms. The number of hydrogen-bond acceptors (Lipinski definition) is 7. The van der Waals surface area contributed by atoms with Crippen molar-refractivity contribution in [3.63, 3.8) is 0 Å². The molecule has 5 heterocycles. The molecule has 0 radical (unpaired) electrons. The van der Waals surface area contributed by atoms with Gasteiger partial charge >= 0.3 is 0 Å². The molecule has 2 saturated carbocycles. The Balaban J connectivity index is 0.926. The van der Waals surface area contributed by atoms with Crippen molar-refractivity contribution in [2.75, 3.05) is 11.9 Å². The molecule has 10 nitrogen and oxygen atoms in total. The molecule has 8 rings (SSSR count). The largest absolute Gasteiger partial charge is 0.385 e. The van der Waals surface area contributed by atoms with Gasteiger partial charge in [0.25, 0.3) is 5.91 Å². The maximum atomic E-state index is 14.4. The highest BCUT2D eigenvalue weighted by Gasteiger charge is 2.39. The van der Waals surface area contributed by atoms with Crippen LogP contribution in [0.1, 0.15) is 72.1 Å². The van der Waals surface area contributed by atoms with Crippen molar-refractivity contribution in [1.82, 2.24) is 30.0 Å². The zero-order valence-electron chi connectivity index (χ0n) is 23.4. The van der Waals surface area contributed by atoms with E-state index in [0.717, 1.165) is 54.7 Å². The van der Waals surface area contributed by atoms with E-state index in [9.17, 15) is 18.8 Å². The van der Waals surface area contributed by atoms with Gasteiger partial charge in [-0.3, -0.25) is 34.4 Å². The average molecular weight is 580 g/mol. The first-order chi connectivity index (χ1) is 20.9. The molecule has 2 aliphatic carbocycles. The summed E-state index contributed by atoms with van der Waals surface area (Å²) in [5.41, 5.74) is 5.68. The molecule has 3 amide bonds. The van der Waals surface area contributed by atoms with Crippen LogP contribution in [0.3, 0.4) is 0 Å². The lowest BCUT2D eigenvalue weighted by atomic mass is 9.80. The SMILES string of the molecule is O=C1CCC(N2Cc3cc(NCC4CC(n5cc(-c6ncc(F)c7cccnc67)c(C6CC6)n5)C4)ccc3C2=O)C(=O)N1. The van der Waals surface area contributed by atoms with Crippen LogP contribution < -0.4 is 10.6 Å². The highest BCUT2D eigenvalue weighted by molar-refractivity contribution is 6.05. The van der Waals surface area contributed by atoms with Gasteiger partial charge in [0, 0.05) is 60.0 Å². The van der Waals surface area contributed by atoms with Crippen molar-refractivity contribution < 1.29 is 18.8 Å². The summed E-state index contributed by atoms with van der Waals surface area (Å²) in [7, 11) is 0. The number of halogens is 1. The number of fused-ring (bicyclic) bond motifs is 2. The van der Waals surface area contributed by atoms with Crippen molar-refractivity contribution >= 4 is 34.3 Å². The first-order valence-corrected chi connectivity index (χ1v) is 14.9. The number of benzene rings is 1. The molecule has 1 saturated heterocycles. The van der Waals surface area contributed by atoms with E-state index in [1.807, 2.05) is 18.2 Å². The fourth-order valence-electron chi connectivity index (χ4n) is 6.70. The molecule has 1 atom stereocenters. The highest BCUT2D eigenvalue weighted by Crippen LogP contribution is 2.46. The zero-order chi connectivity index (χ0) is 29.2. The number of nitrogens with zero attached hydrogens (tertiary/aromatic N) is 5. The van der Waals surface area contributed by atoms with Crippen LogP contribution in [0.4, 0.5) is 10.1 Å². The van der Waals surface area contributed by atoms with Gasteiger partial charge in [0.05, 0.1) is 23.4 Å². The summed E-state index contributed by atoms with van der Waals surface area (Å²) in [5, 5.41) is 11.4. The standard InChI is InChI=1S/C32H30FN7O3/c33-25-14-36-30(29-23(25)2-1-9-34-29)24-16-40(38-28(24)18-3-4-18)21-10-17(11-21)13-35-20-5-6-22-19(12-20)15-39(32(22)43)26-7-8-27(41)37-31(26)42/h1-2,5-6,9,12,14,16-18,21,26,35H,3-4,7-8,10-11,13,15H2,(H,37,41,42). The molecular weight excluding hydrogens is 549 g/mol. The highest BCUT2D eigenvalue weighted by atomic mass is 19.1. The van der Waals surface area contributed by atoms with E-state index >= 15 is 0 Å². The molecule has 218 valence electrons. The van der Waals surface area contributed by atoms with Crippen molar-refractivity contribution in [2.24, 2.45) is 5.92 Å². The van der Waals surface area contributed by atoms with E-state index in [-0.39, 0.29) is 30.1 Å². The topological polar surface area (TPSA) is 122 Å². The Morgan fingerprint density at radius 2 is 1.91 bits per heavy atom. The van der Waals surface area contributed by atoms with Crippen LogP contribution in [0.25, 0.3) is 22.2 Å². The Morgan fingerprint density at radius 1 is 1.05 bits per heavy atom. The maximum absolute atomic E-state index is 14.4. The van der Waals surface area contributed by atoms with Gasteiger partial charge in [-0.15, -0.1) is 0 Å². The fourth-order valence-corrected chi connectivity index (χ4v) is 6.70. The second-order valence-corrected chi connectivity index (χ2v) is 12.2. The lowest BCUT2D eigenvalue weighted by Gasteiger charge is -2.35. The third kappa shape index (κ3) is 4.54. The van der Waals surface area contributed by atoms with Gasteiger partial charge in [-0.25, -0.2) is 4.39 Å². The van der Waals surface area contributed by atoms with Gasteiger partial charge in [-0.2, -0.15) is 5.10 Å². The third-order valence-corrected chi connectivity index (χ3v) is 9.28. The first kappa shape index (κ1) is 26.0. The summed E-state index contributed by atoms with van der Waals surface area (Å²) < 4.78 is 16.5. The molecule has 2 N–H and O–H groups in total. The molecule has 4 aliphatic rings. The Bertz CT molecular complexity index is 1810. The second-order valence-electron chi connectivity index (χ2n) is 12.2. The molecule has 2 aliphatic heterocycles. The third-order valence-electron chi connectivity index (χ3n) is 9.28. The van der Waals surface area contributed by atoms with Crippen molar-refractivity contribution in [2.45, 2.75) is 63.1 Å². The van der Waals surface area contributed by atoms with E-state index in [4.69, 9.17) is 5.10 Å². The molecule has 4 aromatic rings. The number of amides is 3. The minimum atomic E-state index is -0.613. The van der Waals surface area contributed by atoms with Gasteiger partial charge in [0.2, 0.25) is 11.8 Å². The van der Waals surface area contributed by atoms with Crippen LogP contribution in [0.5, 0.6) is 0 Å². The van der Waals surface area contributed by atoms with Crippen LogP contribution >= 0.6 is 0 Å². The van der Waals surface area contributed by atoms with Crippen LogP contribution in [0, 0.1) is 11.7 Å². The van der Waals surface area contributed by atoms with Crippen LogP contribution in [-0.2, 0) is 16.1 Å². The van der Waals surface area contributed by atoms with Crippen molar-refractivity contribution in [3.05, 3.63) is 71.6 Å². The number of carbonyl (C=O) groups excluding carboxylic acids is 3. The molecule has 3 fully saturated rings. The zero-order valence-corrected chi connectivity index (χ0v) is 23.4. The Labute approximate surface area is 246 Å². The number of carbonyl (C=O) groups is 3. The van der Waals surface area contributed by atoms with Crippen molar-refractivity contribution in [1.29, 1.82) is 0 Å². The number of piperidine rings is 1. The number of aromatic nitrogens is 4. The maximum Gasteiger partial charge on any atom is 0.255 e. The van der Waals surface area contributed by atoms with Crippen LogP contribution in [-0.4, -0.2) is 55.0 Å². The summed E-state index contributed by atoms with van der Waals surface area (Å²) in [5.74, 6) is -0.338. The first-order valence-electron chi connectivity index (χ1n) is 14.9. The minimum absolute atomic E-state index is 0.165. The number of anilines is 1. The van der Waals surface area contributed by atoms with Gasteiger partial charge in [-0.1, -0.05) is 0 Å². The van der Waals surface area contributed by atoms with E-state index in [0.29, 0.717) is 47.0 Å². The van der Waals surface area contributed by atoms with E-state index in [1.165, 1.54) is 6.20 Å². The Hall–Kier alpha value is -4.67. The van der Waals surface area contributed by atoms with E-state index in [2.05, 4.69) is 31.5 Å². The number of hydrogen-bond donors (Lipinski definition) is 2. The van der Waals surface area contributed by atoms with Crippen LogP contribution in [0.15, 0.2) is 48.9 Å². The summed E-state index contributed by atoms with van der Waals surface area (Å²) >= 11 is 0. The number of nitrogens with one attached hydrogen (secondary N) is 2. The van der Waals surface area contributed by atoms with E-state index < -0.39 is 11.9 Å². The van der Waals surface area contributed by atoms with Gasteiger partial charge in [0.15, 0.2) is 5.82 Å². The number of pyridine rings is 2. The van der Waals surface area contributed by atoms with Gasteiger partial charge < -0.3 is 10.2 Å². The normalized spacial score (nSPS) is 23.3. The summed E-state index contributed by atoms with van der Waals surface area (Å²) in [6.07, 6.45) is 9.79. The average Bonchev–Trinajstić information content (AvgIpc) is 3.66. The smallest absolute Gasteiger partial charge is 0.255 e. The molecule has 0 bridgehead atoms. The molecule has 3 aromatic heterocycles. The predicted octanol–water partition coefficient (Wildman–Crippen LogP) is 4.33. The number of rotatable bonds is 7. The molecular formula is C32H30FN7O3. The minimum Gasteiger partial charge on any atom is -0.385 e. The lowest BCUT2D eigenvalue weighted by Crippen LogP contribution is -2.52. The predicted molar refractivity (Wildman–Crippen MR) is 155 cm³/mol.